The fraction of sp³-hybridized carbons (Fsp3) is 0.0870. The van der Waals surface area contributed by atoms with E-state index in [0.717, 1.165) is 32.4 Å². The summed E-state index contributed by atoms with van der Waals surface area (Å²) in [4.78, 5) is 17.9. The van der Waals surface area contributed by atoms with E-state index in [9.17, 15) is 4.79 Å². The molecule has 0 saturated carbocycles. The van der Waals surface area contributed by atoms with Gasteiger partial charge in [0.05, 0.1) is 10.6 Å². The van der Waals surface area contributed by atoms with Crippen LogP contribution in [0, 0.1) is 0 Å². The molecule has 29 heavy (non-hydrogen) atoms. The first kappa shape index (κ1) is 19.4. The molecule has 4 rings (SSSR count). The predicted molar refractivity (Wildman–Crippen MR) is 117 cm³/mol. The van der Waals surface area contributed by atoms with Crippen molar-refractivity contribution in [3.8, 4) is 16.9 Å². The summed E-state index contributed by atoms with van der Waals surface area (Å²) < 4.78 is 1.87. The summed E-state index contributed by atoms with van der Waals surface area (Å²) >= 11 is 7.64. The molecular formula is C23H18ClN3OS. The van der Waals surface area contributed by atoms with Gasteiger partial charge in [-0.3, -0.25) is 9.78 Å². The number of benzene rings is 2. The van der Waals surface area contributed by atoms with Crippen LogP contribution in [0.4, 0.5) is 0 Å². The van der Waals surface area contributed by atoms with E-state index in [-0.39, 0.29) is 5.78 Å². The van der Waals surface area contributed by atoms with Crippen molar-refractivity contribution in [2.45, 2.75) is 23.1 Å². The number of ketones is 1. The first-order valence-electron chi connectivity index (χ1n) is 9.12. The molecule has 0 spiro atoms. The molecule has 0 aliphatic carbocycles. The molecule has 2 aromatic carbocycles. The summed E-state index contributed by atoms with van der Waals surface area (Å²) in [6.07, 6.45) is 4.14. The number of para-hydroxylation sites is 1. The van der Waals surface area contributed by atoms with Crippen LogP contribution in [0.2, 0.25) is 5.02 Å². The van der Waals surface area contributed by atoms with Crippen molar-refractivity contribution in [1.82, 2.24) is 14.8 Å². The third-order valence-corrected chi connectivity index (χ3v) is 5.55. The number of Topliss-reactive ketones (excluding diaryl/α,β-unsaturated/α-hetero) is 1. The molecule has 0 atom stereocenters. The van der Waals surface area contributed by atoms with Gasteiger partial charge in [0, 0.05) is 40.0 Å². The van der Waals surface area contributed by atoms with Gasteiger partial charge in [-0.25, -0.2) is 4.68 Å². The van der Waals surface area contributed by atoms with E-state index < -0.39 is 0 Å². The second-order valence-corrected chi connectivity index (χ2v) is 8.15. The number of carbonyl (C=O) groups is 1. The third kappa shape index (κ3) is 4.75. The fourth-order valence-electron chi connectivity index (χ4n) is 2.90. The minimum absolute atomic E-state index is 0.0950. The Kier molecular flexibility index (Phi) is 5.79. The number of hydrogen-bond acceptors (Lipinski definition) is 4. The molecular weight excluding hydrogens is 402 g/mol. The SMILES string of the molecule is CC(=O)Cc1ccc(-c2nn(-c3ccccc3)cc2Sc2ccc(Cl)cc2)cn1. The number of halogens is 1. The summed E-state index contributed by atoms with van der Waals surface area (Å²) in [6, 6.07) is 21.6. The van der Waals surface area contributed by atoms with Crippen LogP contribution in [0.25, 0.3) is 16.9 Å². The predicted octanol–water partition coefficient (Wildman–Crippen LogP) is 5.87. The van der Waals surface area contributed by atoms with Crippen LogP contribution in [-0.2, 0) is 11.2 Å². The van der Waals surface area contributed by atoms with Crippen molar-refractivity contribution < 1.29 is 4.79 Å². The van der Waals surface area contributed by atoms with Gasteiger partial charge in [-0.15, -0.1) is 0 Å². The number of nitrogens with zero attached hydrogens (tertiary/aromatic N) is 3. The highest BCUT2D eigenvalue weighted by molar-refractivity contribution is 7.99. The second kappa shape index (κ2) is 8.64. The minimum atomic E-state index is 0.0950. The Balaban J connectivity index is 1.73. The Morgan fingerprint density at radius 1 is 1.03 bits per heavy atom. The van der Waals surface area contributed by atoms with Crippen LogP contribution in [0.15, 0.2) is 88.9 Å². The number of aromatic nitrogens is 3. The first-order valence-corrected chi connectivity index (χ1v) is 10.3. The summed E-state index contributed by atoms with van der Waals surface area (Å²) in [6.45, 7) is 1.57. The second-order valence-electron chi connectivity index (χ2n) is 6.60. The maximum Gasteiger partial charge on any atom is 0.135 e. The standard InChI is InChI=1S/C23H18ClN3OS/c1-16(28)13-19-10-7-17(14-25-19)23-22(29-21-11-8-18(24)9-12-21)15-27(26-23)20-5-3-2-4-6-20/h2-12,14-15H,13H2,1H3. The molecule has 0 N–H and O–H groups in total. The molecule has 4 nitrogen and oxygen atoms in total. The van der Waals surface area contributed by atoms with E-state index in [0.29, 0.717) is 11.4 Å². The maximum atomic E-state index is 11.3. The molecule has 144 valence electrons. The summed E-state index contributed by atoms with van der Waals surface area (Å²) in [7, 11) is 0. The van der Waals surface area contributed by atoms with Crippen LogP contribution >= 0.6 is 23.4 Å². The number of carbonyl (C=O) groups excluding carboxylic acids is 1. The molecule has 0 bridgehead atoms. The molecule has 2 aromatic heterocycles. The lowest BCUT2D eigenvalue weighted by Crippen LogP contribution is -1.99. The van der Waals surface area contributed by atoms with Gasteiger partial charge in [-0.05, 0) is 55.5 Å². The van der Waals surface area contributed by atoms with Crippen LogP contribution < -0.4 is 0 Å². The highest BCUT2D eigenvalue weighted by Gasteiger charge is 2.14. The van der Waals surface area contributed by atoms with E-state index in [1.165, 1.54) is 0 Å². The van der Waals surface area contributed by atoms with Crippen LogP contribution in [0.5, 0.6) is 0 Å². The Labute approximate surface area is 178 Å². The number of pyridine rings is 1. The Bertz CT molecular complexity index is 1120. The van der Waals surface area contributed by atoms with Crippen molar-refractivity contribution in [2.75, 3.05) is 0 Å². The maximum absolute atomic E-state index is 11.3. The van der Waals surface area contributed by atoms with Gasteiger partial charge in [0.2, 0.25) is 0 Å². The van der Waals surface area contributed by atoms with E-state index in [1.54, 1.807) is 24.9 Å². The van der Waals surface area contributed by atoms with Crippen molar-refractivity contribution in [2.24, 2.45) is 0 Å². The summed E-state index contributed by atoms with van der Waals surface area (Å²) in [5.41, 5.74) is 3.49. The normalized spacial score (nSPS) is 10.8. The van der Waals surface area contributed by atoms with Crippen LogP contribution in [0.1, 0.15) is 12.6 Å². The van der Waals surface area contributed by atoms with Crippen molar-refractivity contribution >= 4 is 29.1 Å². The summed E-state index contributed by atoms with van der Waals surface area (Å²) in [5.74, 6) is 0.0950. The van der Waals surface area contributed by atoms with Crippen LogP contribution in [-0.4, -0.2) is 20.5 Å². The van der Waals surface area contributed by atoms with Gasteiger partial charge >= 0.3 is 0 Å². The molecule has 0 amide bonds. The largest absolute Gasteiger partial charge is 0.300 e. The Morgan fingerprint density at radius 2 is 1.79 bits per heavy atom. The van der Waals surface area contributed by atoms with Gasteiger partial charge in [-0.2, -0.15) is 5.10 Å². The lowest BCUT2D eigenvalue weighted by Gasteiger charge is -2.04. The van der Waals surface area contributed by atoms with Gasteiger partial charge in [0.15, 0.2) is 0 Å². The van der Waals surface area contributed by atoms with Gasteiger partial charge in [-0.1, -0.05) is 41.6 Å². The van der Waals surface area contributed by atoms with E-state index in [4.69, 9.17) is 16.7 Å². The van der Waals surface area contributed by atoms with Crippen LogP contribution in [0.3, 0.4) is 0 Å². The molecule has 2 heterocycles. The van der Waals surface area contributed by atoms with Gasteiger partial charge in [0.25, 0.3) is 0 Å². The topological polar surface area (TPSA) is 47.8 Å². The average Bonchev–Trinajstić information content (AvgIpc) is 3.14. The highest BCUT2D eigenvalue weighted by Crippen LogP contribution is 2.36. The zero-order chi connectivity index (χ0) is 20.2. The molecule has 0 aliphatic rings. The minimum Gasteiger partial charge on any atom is -0.300 e. The molecule has 0 unspecified atom stereocenters. The van der Waals surface area contributed by atoms with Crippen molar-refractivity contribution in [3.63, 3.8) is 0 Å². The van der Waals surface area contributed by atoms with Crippen molar-refractivity contribution in [1.29, 1.82) is 0 Å². The first-order chi connectivity index (χ1) is 14.1. The van der Waals surface area contributed by atoms with Gasteiger partial charge in [0.1, 0.15) is 11.5 Å². The molecule has 0 saturated heterocycles. The number of hydrogen-bond donors (Lipinski definition) is 0. The molecule has 0 fully saturated rings. The fourth-order valence-corrected chi connectivity index (χ4v) is 3.96. The zero-order valence-electron chi connectivity index (χ0n) is 15.7. The highest BCUT2D eigenvalue weighted by atomic mass is 35.5. The molecule has 6 heteroatoms. The lowest BCUT2D eigenvalue weighted by molar-refractivity contribution is -0.116. The molecule has 0 radical (unpaired) electrons. The Morgan fingerprint density at radius 3 is 2.45 bits per heavy atom. The van der Waals surface area contributed by atoms with Crippen molar-refractivity contribution in [3.05, 3.63) is 89.8 Å². The summed E-state index contributed by atoms with van der Waals surface area (Å²) in [5, 5.41) is 5.53. The quantitative estimate of drug-likeness (QED) is 0.392. The lowest BCUT2D eigenvalue weighted by atomic mass is 10.1. The third-order valence-electron chi connectivity index (χ3n) is 4.27. The average molecular weight is 420 g/mol. The Hall–Kier alpha value is -2.89. The zero-order valence-corrected chi connectivity index (χ0v) is 17.3. The smallest absolute Gasteiger partial charge is 0.135 e. The van der Waals surface area contributed by atoms with E-state index in [1.807, 2.05) is 77.6 Å². The molecule has 0 aliphatic heterocycles. The number of rotatable bonds is 6. The monoisotopic (exact) mass is 419 g/mol. The van der Waals surface area contributed by atoms with E-state index in [2.05, 4.69) is 4.98 Å². The van der Waals surface area contributed by atoms with Gasteiger partial charge < -0.3 is 0 Å². The molecule has 4 aromatic rings. The van der Waals surface area contributed by atoms with E-state index >= 15 is 0 Å².